The summed E-state index contributed by atoms with van der Waals surface area (Å²) in [6.45, 7) is 7.92. The van der Waals surface area contributed by atoms with Gasteiger partial charge in [0.05, 0.1) is 5.02 Å². The largest absolute Gasteiger partial charge is 0.342 e. The van der Waals surface area contributed by atoms with E-state index in [-0.39, 0.29) is 28.4 Å². The van der Waals surface area contributed by atoms with Gasteiger partial charge in [-0.15, -0.1) is 0 Å². The molecule has 38 heavy (non-hydrogen) atoms. The highest BCUT2D eigenvalue weighted by atomic mass is 35.5. The lowest BCUT2D eigenvalue weighted by atomic mass is 9.93. The Morgan fingerprint density at radius 1 is 1.16 bits per heavy atom. The number of amides is 2. The number of nitrogens with zero attached hydrogens (tertiary/aromatic N) is 4. The second-order valence-corrected chi connectivity index (χ2v) is 10.3. The molecule has 9 heteroatoms. The van der Waals surface area contributed by atoms with Crippen LogP contribution in [0.3, 0.4) is 0 Å². The van der Waals surface area contributed by atoms with Crippen LogP contribution in [0.1, 0.15) is 60.3 Å². The number of rotatable bonds is 6. The number of halogens is 2. The van der Waals surface area contributed by atoms with Crippen molar-refractivity contribution in [2.75, 3.05) is 18.4 Å². The number of hydrogen-bond donors (Lipinski definition) is 1. The lowest BCUT2D eigenvalue weighted by Crippen LogP contribution is -2.40. The number of carbonyl (C=O) groups is 2. The van der Waals surface area contributed by atoms with Crippen LogP contribution in [0.15, 0.2) is 42.7 Å². The van der Waals surface area contributed by atoms with Crippen molar-refractivity contribution in [2.45, 2.75) is 46.6 Å². The fraction of sp³-hybridized carbons (Fsp3) is 0.379. The molecule has 1 saturated heterocycles. The molecule has 0 radical (unpaired) electrons. The summed E-state index contributed by atoms with van der Waals surface area (Å²) in [4.78, 5) is 31.4. The Balaban J connectivity index is 1.32. The van der Waals surface area contributed by atoms with Gasteiger partial charge < -0.3 is 10.2 Å². The Bertz CT molecular complexity index is 1370. The molecule has 0 bridgehead atoms. The van der Waals surface area contributed by atoms with Gasteiger partial charge in [0.25, 0.3) is 5.91 Å². The van der Waals surface area contributed by atoms with Gasteiger partial charge in [0.2, 0.25) is 5.91 Å². The highest BCUT2D eigenvalue weighted by Crippen LogP contribution is 2.23. The molecule has 0 spiro atoms. The zero-order valence-corrected chi connectivity index (χ0v) is 22.6. The van der Waals surface area contributed by atoms with E-state index in [2.05, 4.69) is 27.2 Å². The molecule has 2 aromatic heterocycles. The zero-order chi connectivity index (χ0) is 27.2. The molecule has 0 unspecified atom stereocenters. The molecule has 1 aliphatic heterocycles. The monoisotopic (exact) mass is 535 g/mol. The number of carbonyl (C=O) groups excluding carboxylic acids is 2. The van der Waals surface area contributed by atoms with Gasteiger partial charge >= 0.3 is 0 Å². The number of piperidine rings is 1. The average Bonchev–Trinajstić information content (AvgIpc) is 3.28. The van der Waals surface area contributed by atoms with Crippen molar-refractivity contribution in [1.29, 1.82) is 0 Å². The predicted octanol–water partition coefficient (Wildman–Crippen LogP) is 5.32. The smallest absolute Gasteiger partial charge is 0.278 e. The number of anilines is 1. The first-order valence-corrected chi connectivity index (χ1v) is 13.1. The van der Waals surface area contributed by atoms with Crippen molar-refractivity contribution in [3.05, 3.63) is 75.9 Å². The van der Waals surface area contributed by atoms with E-state index in [1.165, 1.54) is 12.1 Å². The van der Waals surface area contributed by atoms with Crippen molar-refractivity contribution < 1.29 is 14.0 Å². The van der Waals surface area contributed by atoms with Gasteiger partial charge in [-0.05, 0) is 68.0 Å². The fourth-order valence-electron chi connectivity index (χ4n) is 4.41. The first-order chi connectivity index (χ1) is 18.2. The third kappa shape index (κ3) is 6.99. The van der Waals surface area contributed by atoms with E-state index in [0.29, 0.717) is 29.4 Å². The van der Waals surface area contributed by atoms with E-state index in [1.54, 1.807) is 29.2 Å². The molecule has 3 heterocycles. The van der Waals surface area contributed by atoms with Gasteiger partial charge in [0.15, 0.2) is 5.69 Å². The van der Waals surface area contributed by atoms with Crippen LogP contribution in [0.2, 0.25) is 5.02 Å². The normalized spacial score (nSPS) is 13.8. The number of aryl methyl sites for hydroxylation is 2. The summed E-state index contributed by atoms with van der Waals surface area (Å²) in [5.74, 6) is 6.37. The summed E-state index contributed by atoms with van der Waals surface area (Å²) in [7, 11) is 0. The van der Waals surface area contributed by atoms with Crippen molar-refractivity contribution in [3.63, 3.8) is 0 Å². The second-order valence-electron chi connectivity index (χ2n) is 9.90. The molecule has 1 aliphatic rings. The van der Waals surface area contributed by atoms with Gasteiger partial charge in [-0.1, -0.05) is 37.3 Å². The summed E-state index contributed by atoms with van der Waals surface area (Å²) in [5, 5.41) is 7.46. The Labute approximate surface area is 227 Å². The quantitative estimate of drug-likeness (QED) is 0.433. The molecule has 7 nitrogen and oxygen atoms in total. The van der Waals surface area contributed by atoms with Crippen molar-refractivity contribution in [1.82, 2.24) is 19.7 Å². The number of nitrogens with one attached hydrogen (secondary N) is 1. The lowest BCUT2D eigenvalue weighted by molar-refractivity contribution is -0.135. The van der Waals surface area contributed by atoms with Crippen LogP contribution in [0, 0.1) is 36.4 Å². The van der Waals surface area contributed by atoms with Crippen molar-refractivity contribution >= 4 is 29.2 Å². The molecule has 0 saturated carbocycles. The Morgan fingerprint density at radius 3 is 2.50 bits per heavy atom. The topological polar surface area (TPSA) is 80.1 Å². The van der Waals surface area contributed by atoms with E-state index in [4.69, 9.17) is 11.6 Å². The maximum absolute atomic E-state index is 13.1. The molecule has 1 aromatic carbocycles. The molecule has 1 N–H and O–H groups in total. The average molecular weight is 536 g/mol. The van der Waals surface area contributed by atoms with Gasteiger partial charge in [-0.25, -0.2) is 9.37 Å². The van der Waals surface area contributed by atoms with Crippen LogP contribution in [0.5, 0.6) is 0 Å². The van der Waals surface area contributed by atoms with E-state index in [9.17, 15) is 14.0 Å². The first-order valence-electron chi connectivity index (χ1n) is 12.8. The molecular weight excluding hydrogens is 505 g/mol. The maximum atomic E-state index is 13.1. The Kier molecular flexibility index (Phi) is 8.80. The van der Waals surface area contributed by atoms with Crippen LogP contribution in [0.4, 0.5) is 10.2 Å². The van der Waals surface area contributed by atoms with Crippen LogP contribution in [0.25, 0.3) is 0 Å². The van der Waals surface area contributed by atoms with E-state index < -0.39 is 5.91 Å². The number of pyridine rings is 1. The summed E-state index contributed by atoms with van der Waals surface area (Å²) >= 11 is 6.33. The fourth-order valence-corrected chi connectivity index (χ4v) is 4.64. The van der Waals surface area contributed by atoms with Crippen molar-refractivity contribution in [2.24, 2.45) is 11.8 Å². The van der Waals surface area contributed by atoms with Crippen LogP contribution in [-0.2, 0) is 11.3 Å². The van der Waals surface area contributed by atoms with Gasteiger partial charge in [0, 0.05) is 49.1 Å². The highest BCUT2D eigenvalue weighted by molar-refractivity contribution is 6.34. The molecule has 3 aromatic rings. The third-order valence-corrected chi connectivity index (χ3v) is 6.90. The summed E-state index contributed by atoms with van der Waals surface area (Å²) in [6.07, 6.45) is 6.08. The zero-order valence-electron chi connectivity index (χ0n) is 21.8. The van der Waals surface area contributed by atoms with Crippen LogP contribution in [-0.4, -0.2) is 44.6 Å². The second kappa shape index (κ2) is 12.2. The minimum Gasteiger partial charge on any atom is -0.342 e. The van der Waals surface area contributed by atoms with E-state index in [1.807, 2.05) is 31.7 Å². The number of likely N-dealkylation sites (tertiary alicyclic amines) is 1. The lowest BCUT2D eigenvalue weighted by Gasteiger charge is -2.33. The molecule has 2 amide bonds. The molecular formula is C29H31ClFN5O2. The van der Waals surface area contributed by atoms with Crippen LogP contribution < -0.4 is 5.32 Å². The number of hydrogen-bond acceptors (Lipinski definition) is 4. The summed E-state index contributed by atoms with van der Waals surface area (Å²) in [5.41, 5.74) is 2.25. The first kappa shape index (κ1) is 27.3. The van der Waals surface area contributed by atoms with Gasteiger partial charge in [-0.2, -0.15) is 5.10 Å². The summed E-state index contributed by atoms with van der Waals surface area (Å²) in [6, 6.07) is 7.76. The molecule has 0 aliphatic carbocycles. The maximum Gasteiger partial charge on any atom is 0.278 e. The summed E-state index contributed by atoms with van der Waals surface area (Å²) < 4.78 is 14.8. The molecule has 4 rings (SSSR count). The van der Waals surface area contributed by atoms with Gasteiger partial charge in [-0.3, -0.25) is 14.3 Å². The molecule has 0 atom stereocenters. The van der Waals surface area contributed by atoms with Crippen molar-refractivity contribution in [3.8, 4) is 11.8 Å². The highest BCUT2D eigenvalue weighted by Gasteiger charge is 2.24. The molecule has 1 fully saturated rings. The Morgan fingerprint density at radius 2 is 1.84 bits per heavy atom. The minimum absolute atomic E-state index is 0.0285. The predicted molar refractivity (Wildman–Crippen MR) is 145 cm³/mol. The number of benzene rings is 1. The van der Waals surface area contributed by atoms with Crippen LogP contribution >= 0.6 is 11.6 Å². The van der Waals surface area contributed by atoms with Gasteiger partial charge in [0.1, 0.15) is 11.6 Å². The molecule has 198 valence electrons. The SMILES string of the molecule is Cc1cc(C#Cc2ccc(F)cc2)cnc1NC(=O)c1nn(CCC2CCN(C(=O)C(C)C)CC2)cc1Cl. The van der Waals surface area contributed by atoms with E-state index >= 15 is 0 Å². The standard InChI is InChI=1S/C29H31ClFN5O2/c1-19(2)29(38)35-13-10-22(11-14-35)12-15-36-18-25(30)26(34-36)28(37)33-27-20(3)16-23(17-32-27)5-4-21-6-8-24(31)9-7-21/h6-9,16-19,22H,10-15H2,1-3H3,(H,32,33,37). The third-order valence-electron chi connectivity index (χ3n) is 6.62. The van der Waals surface area contributed by atoms with E-state index in [0.717, 1.165) is 37.9 Å². The number of aromatic nitrogens is 3. The Hall–Kier alpha value is -3.70. The minimum atomic E-state index is -0.435.